The topological polar surface area (TPSA) is 82.4 Å². The maximum atomic E-state index is 11.7. The molecule has 29 heavy (non-hydrogen) atoms. The van der Waals surface area contributed by atoms with Gasteiger partial charge < -0.3 is 24.8 Å². The Kier molecular flexibility index (Phi) is 4.00. The first kappa shape index (κ1) is 19.4. The number of fused-ring (bicyclic) bond motifs is 2. The lowest BCUT2D eigenvalue weighted by Gasteiger charge is -2.69. The molecule has 0 radical (unpaired) electrons. The second-order valence-electron chi connectivity index (χ2n) is 11.1. The fraction of sp³-hybridized carbons (Fsp3) is 1.00. The number of hydrogen-bond acceptors (Lipinski definition) is 6. The van der Waals surface area contributed by atoms with Gasteiger partial charge in [0.1, 0.15) is 0 Å². The van der Waals surface area contributed by atoms with Crippen molar-refractivity contribution < 1.29 is 24.8 Å². The zero-order valence-electron chi connectivity index (χ0n) is 18.0. The molecule has 12 atom stereocenters. The van der Waals surface area contributed by atoms with E-state index in [4.69, 9.17) is 9.47 Å². The molecule has 1 saturated heterocycles. The van der Waals surface area contributed by atoms with Crippen molar-refractivity contribution in [1.82, 2.24) is 4.90 Å². The first-order chi connectivity index (χ1) is 13.9. The molecule has 0 unspecified atom stereocenters. The third-order valence-electron chi connectivity index (χ3n) is 11.1. The van der Waals surface area contributed by atoms with Crippen molar-refractivity contribution in [3.8, 4) is 0 Å². The molecule has 7 bridgehead atoms. The minimum Gasteiger partial charge on any atom is -0.396 e. The standard InChI is InChI=1S/C23H37NO5/c1-4-24-10-21(11-25)6-5-17(26)23-13-7-12-15(28-2)9-22(29-3,18(13)19(12)27)14(20(23)24)8-16(21)23/h12-20,25-27H,4-11H2,1-3H3/t12-,13-,14+,15+,16-,17+,18-,19+,20-,21+,22-,23-/m0/s1. The Balaban J connectivity index is 1.60. The highest BCUT2D eigenvalue weighted by Gasteiger charge is 2.83. The van der Waals surface area contributed by atoms with Crippen LogP contribution in [-0.2, 0) is 9.47 Å². The third kappa shape index (κ3) is 1.85. The minimum absolute atomic E-state index is 0.0141. The summed E-state index contributed by atoms with van der Waals surface area (Å²) in [6.07, 6.45) is 3.65. The molecule has 1 heterocycles. The number of aliphatic hydroxyl groups excluding tert-OH is 3. The monoisotopic (exact) mass is 407 g/mol. The highest BCUT2D eigenvalue weighted by atomic mass is 16.5. The maximum absolute atomic E-state index is 11.7. The predicted molar refractivity (Wildman–Crippen MR) is 106 cm³/mol. The zero-order chi connectivity index (χ0) is 20.3. The summed E-state index contributed by atoms with van der Waals surface area (Å²) in [5.74, 6) is 1.01. The normalized spacial score (nSPS) is 62.5. The van der Waals surface area contributed by atoms with Crippen LogP contribution >= 0.6 is 0 Å². The Labute approximate surface area is 173 Å². The van der Waals surface area contributed by atoms with Gasteiger partial charge in [-0.15, -0.1) is 0 Å². The number of likely N-dealkylation sites (tertiary alicyclic amines) is 1. The largest absolute Gasteiger partial charge is 0.396 e. The highest BCUT2D eigenvalue weighted by Crippen LogP contribution is 2.79. The summed E-state index contributed by atoms with van der Waals surface area (Å²) in [4.78, 5) is 2.57. The van der Waals surface area contributed by atoms with Crippen LogP contribution in [0.4, 0.5) is 0 Å². The zero-order valence-corrected chi connectivity index (χ0v) is 18.0. The van der Waals surface area contributed by atoms with E-state index in [1.165, 1.54) is 0 Å². The van der Waals surface area contributed by atoms with Gasteiger partial charge in [0, 0.05) is 61.8 Å². The van der Waals surface area contributed by atoms with Crippen molar-refractivity contribution in [1.29, 1.82) is 0 Å². The van der Waals surface area contributed by atoms with Crippen molar-refractivity contribution in [3.63, 3.8) is 0 Å². The quantitative estimate of drug-likeness (QED) is 0.642. The van der Waals surface area contributed by atoms with E-state index in [0.717, 1.165) is 45.2 Å². The maximum Gasteiger partial charge on any atom is 0.0802 e. The van der Waals surface area contributed by atoms with Crippen molar-refractivity contribution in [2.75, 3.05) is 33.9 Å². The van der Waals surface area contributed by atoms with Gasteiger partial charge in [0.15, 0.2) is 0 Å². The van der Waals surface area contributed by atoms with Crippen LogP contribution in [0.3, 0.4) is 0 Å². The first-order valence-corrected chi connectivity index (χ1v) is 11.7. The van der Waals surface area contributed by atoms with Gasteiger partial charge in [-0.25, -0.2) is 0 Å². The minimum atomic E-state index is -0.426. The molecule has 0 aromatic rings. The van der Waals surface area contributed by atoms with Gasteiger partial charge in [0.05, 0.1) is 30.5 Å². The number of rotatable bonds is 4. The number of nitrogens with zero attached hydrogens (tertiary/aromatic N) is 1. The van der Waals surface area contributed by atoms with Crippen LogP contribution < -0.4 is 0 Å². The average Bonchev–Trinajstić information content (AvgIpc) is 3.14. The van der Waals surface area contributed by atoms with Crippen LogP contribution in [0.25, 0.3) is 0 Å². The summed E-state index contributed by atoms with van der Waals surface area (Å²) in [5, 5.41) is 33.8. The summed E-state index contributed by atoms with van der Waals surface area (Å²) in [6, 6.07) is 0.273. The summed E-state index contributed by atoms with van der Waals surface area (Å²) in [6.45, 7) is 4.28. The molecule has 0 aromatic heterocycles. The Hall–Kier alpha value is -0.240. The van der Waals surface area contributed by atoms with E-state index in [1.54, 1.807) is 7.11 Å². The van der Waals surface area contributed by atoms with Crippen LogP contribution in [0.2, 0.25) is 0 Å². The fourth-order valence-corrected chi connectivity index (χ4v) is 10.4. The van der Waals surface area contributed by atoms with Crippen LogP contribution in [0.15, 0.2) is 0 Å². The van der Waals surface area contributed by atoms with Gasteiger partial charge in [-0.1, -0.05) is 6.92 Å². The second-order valence-corrected chi connectivity index (χ2v) is 11.1. The van der Waals surface area contributed by atoms with Gasteiger partial charge in [-0.05, 0) is 44.1 Å². The van der Waals surface area contributed by atoms with Gasteiger partial charge in [0.25, 0.3) is 0 Å². The van der Waals surface area contributed by atoms with Gasteiger partial charge in [-0.2, -0.15) is 0 Å². The predicted octanol–water partition coefficient (Wildman–Crippen LogP) is 0.877. The molecule has 6 aliphatic rings. The first-order valence-electron chi connectivity index (χ1n) is 11.7. The Morgan fingerprint density at radius 2 is 1.93 bits per heavy atom. The number of ether oxygens (including phenoxy) is 2. The van der Waals surface area contributed by atoms with E-state index in [2.05, 4.69) is 11.8 Å². The Morgan fingerprint density at radius 3 is 2.59 bits per heavy atom. The van der Waals surface area contributed by atoms with Crippen molar-refractivity contribution in [3.05, 3.63) is 0 Å². The van der Waals surface area contributed by atoms with Crippen molar-refractivity contribution in [2.24, 2.45) is 40.4 Å². The number of piperidine rings is 1. The lowest BCUT2D eigenvalue weighted by molar-refractivity contribution is -0.277. The lowest BCUT2D eigenvalue weighted by atomic mass is 9.43. The fourth-order valence-electron chi connectivity index (χ4n) is 10.4. The van der Waals surface area contributed by atoms with Crippen LogP contribution in [-0.4, -0.2) is 84.1 Å². The van der Waals surface area contributed by atoms with E-state index in [-0.39, 0.29) is 59.4 Å². The summed E-state index contributed by atoms with van der Waals surface area (Å²) < 4.78 is 12.4. The molecule has 6 fully saturated rings. The number of aliphatic hydroxyl groups is 3. The summed E-state index contributed by atoms with van der Waals surface area (Å²) in [5.41, 5.74) is -0.758. The highest BCUT2D eigenvalue weighted by molar-refractivity contribution is 5.33. The molecule has 0 aromatic carbocycles. The molecule has 5 aliphatic carbocycles. The van der Waals surface area contributed by atoms with Crippen LogP contribution in [0, 0.1) is 40.4 Å². The second kappa shape index (κ2) is 5.96. The smallest absolute Gasteiger partial charge is 0.0802 e. The van der Waals surface area contributed by atoms with E-state index >= 15 is 0 Å². The SMILES string of the molecule is CCN1C[C@@]2(CO)CC[C@@H](O)[C@@]34[C@@H]1[C@@H](C[C@@H]23)[C@@]1(OC)C[C@@H](OC)[C@@H]2C[C@H]4[C@H]1[C@@H]2O. The molecule has 6 rings (SSSR count). The molecule has 1 aliphatic heterocycles. The van der Waals surface area contributed by atoms with Crippen LogP contribution in [0.5, 0.6) is 0 Å². The van der Waals surface area contributed by atoms with E-state index in [1.807, 2.05) is 7.11 Å². The Bertz CT molecular complexity index is 705. The van der Waals surface area contributed by atoms with E-state index in [9.17, 15) is 15.3 Å². The average molecular weight is 408 g/mol. The van der Waals surface area contributed by atoms with Gasteiger partial charge >= 0.3 is 0 Å². The summed E-state index contributed by atoms with van der Waals surface area (Å²) in [7, 11) is 3.60. The van der Waals surface area contributed by atoms with Crippen molar-refractivity contribution in [2.45, 2.75) is 69.0 Å². The molecule has 164 valence electrons. The molecule has 6 heteroatoms. The van der Waals surface area contributed by atoms with Crippen LogP contribution in [0.1, 0.15) is 39.0 Å². The lowest BCUT2D eigenvalue weighted by Crippen LogP contribution is -2.76. The van der Waals surface area contributed by atoms with E-state index < -0.39 is 11.7 Å². The van der Waals surface area contributed by atoms with Crippen molar-refractivity contribution >= 4 is 0 Å². The number of methoxy groups -OCH3 is 2. The summed E-state index contributed by atoms with van der Waals surface area (Å²) >= 11 is 0. The molecule has 3 N–H and O–H groups in total. The molecular formula is C23H37NO5. The third-order valence-corrected chi connectivity index (χ3v) is 11.1. The molecular weight excluding hydrogens is 370 g/mol. The Morgan fingerprint density at radius 1 is 1.14 bits per heavy atom. The molecule has 6 nitrogen and oxygen atoms in total. The van der Waals surface area contributed by atoms with E-state index in [0.29, 0.717) is 5.92 Å². The van der Waals surface area contributed by atoms with Gasteiger partial charge in [0.2, 0.25) is 0 Å². The molecule has 1 spiro atoms. The molecule has 0 amide bonds. The van der Waals surface area contributed by atoms with Gasteiger partial charge in [-0.3, -0.25) is 4.90 Å². The number of hydrogen-bond donors (Lipinski definition) is 3. The molecule has 5 saturated carbocycles.